The summed E-state index contributed by atoms with van der Waals surface area (Å²) in [5.41, 5.74) is 2.66. The number of rotatable bonds is 7. The molecule has 5 nitrogen and oxygen atoms in total. The minimum Gasteiger partial charge on any atom is -0.379 e. The van der Waals surface area contributed by atoms with Crippen molar-refractivity contribution in [3.8, 4) is 0 Å². The summed E-state index contributed by atoms with van der Waals surface area (Å²) in [4.78, 5) is 0.390. The Labute approximate surface area is 209 Å². The first-order chi connectivity index (χ1) is 17.1. The summed E-state index contributed by atoms with van der Waals surface area (Å²) < 4.78 is 32.8. The van der Waals surface area contributed by atoms with Crippen molar-refractivity contribution in [3.63, 3.8) is 0 Å². The van der Waals surface area contributed by atoms with Gasteiger partial charge in [0, 0.05) is 19.1 Å². The summed E-state index contributed by atoms with van der Waals surface area (Å²) >= 11 is 0. The van der Waals surface area contributed by atoms with Crippen LogP contribution in [0.3, 0.4) is 0 Å². The van der Waals surface area contributed by atoms with Crippen LogP contribution in [0, 0.1) is 0 Å². The number of benzene rings is 3. The molecule has 0 bridgehead atoms. The lowest BCUT2D eigenvalue weighted by molar-refractivity contribution is 0.0730. The first-order valence-electron chi connectivity index (χ1n) is 13.0. The normalized spacial score (nSPS) is 22.2. The Morgan fingerprint density at radius 1 is 0.886 bits per heavy atom. The van der Waals surface area contributed by atoms with E-state index in [0.717, 1.165) is 25.8 Å². The second-order valence-corrected chi connectivity index (χ2v) is 11.8. The molecule has 1 saturated carbocycles. The molecule has 6 heteroatoms. The lowest BCUT2D eigenvalue weighted by Crippen LogP contribution is -2.40. The fourth-order valence-electron chi connectivity index (χ4n) is 5.62. The molecule has 1 aliphatic heterocycles. The van der Waals surface area contributed by atoms with Crippen molar-refractivity contribution in [1.82, 2.24) is 9.62 Å². The predicted molar refractivity (Wildman–Crippen MR) is 141 cm³/mol. The van der Waals surface area contributed by atoms with Gasteiger partial charge in [0.15, 0.2) is 0 Å². The highest BCUT2D eigenvalue weighted by atomic mass is 32.2. The van der Waals surface area contributed by atoms with Crippen molar-refractivity contribution in [1.29, 1.82) is 0 Å². The van der Waals surface area contributed by atoms with Crippen molar-refractivity contribution in [2.45, 2.75) is 55.4 Å². The summed E-state index contributed by atoms with van der Waals surface area (Å²) in [5, 5.41) is 6.49. The lowest BCUT2D eigenvalue weighted by Gasteiger charge is -2.26. The van der Waals surface area contributed by atoms with Crippen LogP contribution in [0.15, 0.2) is 71.6 Å². The number of sulfonamides is 1. The highest BCUT2D eigenvalue weighted by Gasteiger charge is 2.27. The molecule has 0 amide bonds. The molecule has 1 N–H and O–H groups in total. The fraction of sp³-hybridized carbons (Fsp3) is 0.448. The van der Waals surface area contributed by atoms with Gasteiger partial charge >= 0.3 is 0 Å². The molecule has 5 rings (SSSR count). The molecule has 3 aromatic carbocycles. The zero-order valence-electron chi connectivity index (χ0n) is 20.4. The maximum Gasteiger partial charge on any atom is 0.243 e. The standard InChI is InChI=1S/C29H36N2O3S/c32-35(33,31-18-20-34-21-19-31)28-14-12-23(13-15-28)26-7-1-3-10-27(22-26)30-17-16-25-9-5-8-24-6-2-4-11-29(24)25/h2,4-6,8-9,11-15,26-27,30H,1,3,7,10,16-22H2. The van der Waals surface area contributed by atoms with E-state index in [2.05, 4.69) is 47.8 Å². The number of hydrogen-bond acceptors (Lipinski definition) is 4. The minimum atomic E-state index is -3.44. The largest absolute Gasteiger partial charge is 0.379 e. The Kier molecular flexibility index (Phi) is 7.83. The highest BCUT2D eigenvalue weighted by Crippen LogP contribution is 2.33. The first-order valence-corrected chi connectivity index (χ1v) is 14.4. The van der Waals surface area contributed by atoms with E-state index >= 15 is 0 Å². The molecule has 0 radical (unpaired) electrons. The summed E-state index contributed by atoms with van der Waals surface area (Å²) in [5.74, 6) is 0.465. The number of fused-ring (bicyclic) bond motifs is 1. The third kappa shape index (κ3) is 5.78. The van der Waals surface area contributed by atoms with E-state index in [1.54, 1.807) is 12.1 Å². The highest BCUT2D eigenvalue weighted by molar-refractivity contribution is 7.89. The van der Waals surface area contributed by atoms with Gasteiger partial charge in [-0.15, -0.1) is 0 Å². The third-order valence-electron chi connectivity index (χ3n) is 7.59. The molecule has 3 aromatic rings. The fourth-order valence-corrected chi connectivity index (χ4v) is 7.03. The number of morpholine rings is 1. The Morgan fingerprint density at radius 3 is 2.46 bits per heavy atom. The monoisotopic (exact) mass is 492 g/mol. The second kappa shape index (κ2) is 11.2. The maximum atomic E-state index is 13.0. The summed E-state index contributed by atoms with van der Waals surface area (Å²) in [6.07, 6.45) is 6.96. The maximum absolute atomic E-state index is 13.0. The van der Waals surface area contributed by atoms with E-state index in [-0.39, 0.29) is 0 Å². The van der Waals surface area contributed by atoms with Crippen LogP contribution in [0.25, 0.3) is 10.8 Å². The Bertz CT molecular complexity index is 1210. The van der Waals surface area contributed by atoms with E-state index in [4.69, 9.17) is 4.74 Å². The van der Waals surface area contributed by atoms with Crippen molar-refractivity contribution in [3.05, 3.63) is 77.9 Å². The van der Waals surface area contributed by atoms with Crippen molar-refractivity contribution < 1.29 is 13.2 Å². The minimum absolute atomic E-state index is 0.390. The average molecular weight is 493 g/mol. The molecular formula is C29H36N2O3S. The van der Waals surface area contributed by atoms with Crippen molar-refractivity contribution in [2.75, 3.05) is 32.8 Å². The van der Waals surface area contributed by atoms with Gasteiger partial charge in [-0.2, -0.15) is 4.31 Å². The van der Waals surface area contributed by atoms with Gasteiger partial charge in [0.05, 0.1) is 18.1 Å². The van der Waals surface area contributed by atoms with Gasteiger partial charge in [-0.1, -0.05) is 67.4 Å². The smallest absolute Gasteiger partial charge is 0.243 e. The Balaban J connectivity index is 1.21. The lowest BCUT2D eigenvalue weighted by atomic mass is 9.90. The topological polar surface area (TPSA) is 58.6 Å². The number of nitrogens with one attached hydrogen (secondary N) is 1. The van der Waals surface area contributed by atoms with Crippen molar-refractivity contribution in [2.24, 2.45) is 0 Å². The number of ether oxygens (including phenoxy) is 1. The molecule has 2 atom stereocenters. The van der Waals surface area contributed by atoms with Crippen molar-refractivity contribution >= 4 is 20.8 Å². The quantitative estimate of drug-likeness (QED) is 0.466. The van der Waals surface area contributed by atoms with Crippen LogP contribution in [-0.4, -0.2) is 51.6 Å². The van der Waals surface area contributed by atoms with Crippen LogP contribution in [0.2, 0.25) is 0 Å². The molecule has 0 spiro atoms. The number of nitrogens with zero attached hydrogens (tertiary/aromatic N) is 1. The van der Waals surface area contributed by atoms with E-state index in [9.17, 15) is 8.42 Å². The van der Waals surface area contributed by atoms with E-state index in [0.29, 0.717) is 43.2 Å². The van der Waals surface area contributed by atoms with Gasteiger partial charge in [-0.05, 0) is 72.2 Å². The Morgan fingerprint density at radius 2 is 1.63 bits per heavy atom. The van der Waals surface area contributed by atoms with Crippen LogP contribution >= 0.6 is 0 Å². The molecule has 1 aliphatic carbocycles. The van der Waals surface area contributed by atoms with Gasteiger partial charge in [0.1, 0.15) is 0 Å². The SMILES string of the molecule is O=S(=O)(c1ccc(C2CCCCC(NCCc3cccc4ccccc34)C2)cc1)N1CCOCC1. The van der Waals surface area contributed by atoms with E-state index in [1.807, 2.05) is 12.1 Å². The zero-order valence-corrected chi connectivity index (χ0v) is 21.2. The molecule has 1 heterocycles. The van der Waals surface area contributed by atoms with Gasteiger partial charge in [-0.3, -0.25) is 0 Å². The van der Waals surface area contributed by atoms with Crippen LogP contribution in [0.5, 0.6) is 0 Å². The van der Waals surface area contributed by atoms with E-state index in [1.165, 1.54) is 45.5 Å². The second-order valence-electron chi connectivity index (χ2n) is 9.84. The zero-order chi connectivity index (χ0) is 24.1. The molecule has 35 heavy (non-hydrogen) atoms. The molecule has 2 aliphatic rings. The van der Waals surface area contributed by atoms with Crippen LogP contribution in [-0.2, 0) is 21.2 Å². The first kappa shape index (κ1) is 24.4. The molecule has 0 aromatic heterocycles. The van der Waals surface area contributed by atoms with Crippen LogP contribution in [0.1, 0.15) is 49.1 Å². The summed E-state index contributed by atoms with van der Waals surface area (Å²) in [7, 11) is -3.44. The van der Waals surface area contributed by atoms with Gasteiger partial charge in [0.2, 0.25) is 10.0 Å². The summed E-state index contributed by atoms with van der Waals surface area (Å²) in [6, 6.07) is 23.4. The predicted octanol–water partition coefficient (Wildman–Crippen LogP) is 5.11. The molecule has 186 valence electrons. The van der Waals surface area contributed by atoms with Gasteiger partial charge in [0.25, 0.3) is 0 Å². The van der Waals surface area contributed by atoms with E-state index < -0.39 is 10.0 Å². The van der Waals surface area contributed by atoms with Gasteiger partial charge < -0.3 is 10.1 Å². The molecule has 2 unspecified atom stereocenters. The third-order valence-corrected chi connectivity index (χ3v) is 9.50. The average Bonchev–Trinajstić information content (AvgIpc) is 3.15. The van der Waals surface area contributed by atoms with Crippen LogP contribution < -0.4 is 5.32 Å². The Hall–Kier alpha value is -2.25. The molecule has 1 saturated heterocycles. The van der Waals surface area contributed by atoms with Gasteiger partial charge in [-0.25, -0.2) is 8.42 Å². The molecular weight excluding hydrogens is 456 g/mol. The molecule has 2 fully saturated rings. The summed E-state index contributed by atoms with van der Waals surface area (Å²) in [6.45, 7) is 2.77. The van der Waals surface area contributed by atoms with Crippen LogP contribution in [0.4, 0.5) is 0 Å². The number of hydrogen-bond donors (Lipinski definition) is 1.